The highest BCUT2D eigenvalue weighted by atomic mass is 16.3. The summed E-state index contributed by atoms with van der Waals surface area (Å²) < 4.78 is 0. The van der Waals surface area contributed by atoms with Crippen molar-refractivity contribution in [2.75, 3.05) is 26.2 Å². The number of nitrogens with one attached hydrogen (secondary N) is 1. The molecule has 0 spiro atoms. The predicted octanol–water partition coefficient (Wildman–Crippen LogP) is 2.78. The molecule has 1 aliphatic carbocycles. The van der Waals surface area contributed by atoms with Crippen molar-refractivity contribution in [2.24, 2.45) is 5.92 Å². The standard InChI is InChI=1S/C17H34N2O/c1-3-6-15-9-12-19(13-15)11-5-4-10-17(2,14-20)18-16-7-8-16/h15-16,18,20H,3-14H2,1-2H3. The summed E-state index contributed by atoms with van der Waals surface area (Å²) in [4.78, 5) is 2.64. The monoisotopic (exact) mass is 282 g/mol. The summed E-state index contributed by atoms with van der Waals surface area (Å²) >= 11 is 0. The van der Waals surface area contributed by atoms with Crippen LogP contribution < -0.4 is 5.32 Å². The third-order valence-corrected chi connectivity index (χ3v) is 5.00. The van der Waals surface area contributed by atoms with Gasteiger partial charge in [-0.3, -0.25) is 0 Å². The zero-order chi connectivity index (χ0) is 14.4. The van der Waals surface area contributed by atoms with Crippen LogP contribution in [0, 0.1) is 5.92 Å². The van der Waals surface area contributed by atoms with Gasteiger partial charge in [0.2, 0.25) is 0 Å². The van der Waals surface area contributed by atoms with Gasteiger partial charge in [-0.1, -0.05) is 19.8 Å². The zero-order valence-electron chi connectivity index (χ0n) is 13.5. The van der Waals surface area contributed by atoms with E-state index in [1.165, 1.54) is 64.6 Å². The van der Waals surface area contributed by atoms with E-state index >= 15 is 0 Å². The average molecular weight is 282 g/mol. The summed E-state index contributed by atoms with van der Waals surface area (Å²) in [5, 5.41) is 13.2. The molecule has 2 aliphatic rings. The first-order valence-electron chi connectivity index (χ1n) is 8.76. The van der Waals surface area contributed by atoms with Crippen molar-refractivity contribution in [2.45, 2.75) is 76.8 Å². The quantitative estimate of drug-likeness (QED) is 0.605. The maximum atomic E-state index is 9.59. The molecule has 0 radical (unpaired) electrons. The van der Waals surface area contributed by atoms with Crippen LogP contribution in [0.25, 0.3) is 0 Å². The average Bonchev–Trinajstić information content (AvgIpc) is 3.13. The Hall–Kier alpha value is -0.120. The molecule has 2 N–H and O–H groups in total. The first-order valence-corrected chi connectivity index (χ1v) is 8.76. The topological polar surface area (TPSA) is 35.5 Å². The van der Waals surface area contributed by atoms with Crippen LogP contribution in [0.15, 0.2) is 0 Å². The minimum absolute atomic E-state index is 0.0447. The zero-order valence-corrected chi connectivity index (χ0v) is 13.5. The Kier molecular flexibility index (Phi) is 6.31. The van der Waals surface area contributed by atoms with Crippen molar-refractivity contribution in [1.29, 1.82) is 0 Å². The molecule has 0 aromatic heterocycles. The van der Waals surface area contributed by atoms with E-state index in [0.717, 1.165) is 12.3 Å². The summed E-state index contributed by atoms with van der Waals surface area (Å²) in [5.74, 6) is 0.958. The van der Waals surface area contributed by atoms with E-state index in [2.05, 4.69) is 24.1 Å². The molecule has 0 amide bonds. The van der Waals surface area contributed by atoms with E-state index < -0.39 is 0 Å². The third-order valence-electron chi connectivity index (χ3n) is 5.00. The van der Waals surface area contributed by atoms with Crippen LogP contribution in [0.5, 0.6) is 0 Å². The molecular weight excluding hydrogens is 248 g/mol. The summed E-state index contributed by atoms with van der Waals surface area (Å²) in [6.07, 6.45) is 10.3. The van der Waals surface area contributed by atoms with Gasteiger partial charge in [-0.15, -0.1) is 0 Å². The molecule has 1 saturated heterocycles. The molecule has 3 heteroatoms. The highest BCUT2D eigenvalue weighted by molar-refractivity contribution is 4.92. The molecule has 2 atom stereocenters. The molecular formula is C17H34N2O. The molecule has 1 saturated carbocycles. The fourth-order valence-corrected chi connectivity index (χ4v) is 3.53. The molecule has 118 valence electrons. The lowest BCUT2D eigenvalue weighted by Gasteiger charge is -2.29. The Bertz CT molecular complexity index is 280. The normalized spacial score (nSPS) is 26.9. The number of nitrogens with zero attached hydrogens (tertiary/aromatic N) is 1. The fourth-order valence-electron chi connectivity index (χ4n) is 3.53. The number of unbranched alkanes of at least 4 members (excludes halogenated alkanes) is 1. The Labute approximate surface area is 125 Å². The second-order valence-electron chi connectivity index (χ2n) is 7.34. The molecule has 1 heterocycles. The van der Waals surface area contributed by atoms with Crippen LogP contribution in [0.2, 0.25) is 0 Å². The number of aliphatic hydroxyl groups is 1. The van der Waals surface area contributed by atoms with Crippen molar-refractivity contribution in [3.8, 4) is 0 Å². The molecule has 0 bridgehead atoms. The predicted molar refractivity (Wildman–Crippen MR) is 85.0 cm³/mol. The Morgan fingerprint density at radius 2 is 2.05 bits per heavy atom. The molecule has 2 unspecified atom stereocenters. The number of hydrogen-bond acceptors (Lipinski definition) is 3. The number of rotatable bonds is 10. The van der Waals surface area contributed by atoms with E-state index in [0.29, 0.717) is 6.04 Å². The lowest BCUT2D eigenvalue weighted by Crippen LogP contribution is -2.46. The number of aliphatic hydroxyl groups excluding tert-OH is 1. The number of likely N-dealkylation sites (tertiary alicyclic amines) is 1. The van der Waals surface area contributed by atoms with E-state index in [9.17, 15) is 5.11 Å². The fraction of sp³-hybridized carbons (Fsp3) is 1.00. The SMILES string of the molecule is CCCC1CCN(CCCCC(C)(CO)NC2CC2)C1. The van der Waals surface area contributed by atoms with Gasteiger partial charge in [0.25, 0.3) is 0 Å². The van der Waals surface area contributed by atoms with Gasteiger partial charge in [-0.2, -0.15) is 0 Å². The van der Waals surface area contributed by atoms with Crippen molar-refractivity contribution in [1.82, 2.24) is 10.2 Å². The van der Waals surface area contributed by atoms with Crippen LogP contribution in [0.1, 0.15) is 65.2 Å². The maximum absolute atomic E-state index is 9.59. The van der Waals surface area contributed by atoms with E-state index in [-0.39, 0.29) is 12.1 Å². The summed E-state index contributed by atoms with van der Waals surface area (Å²) in [7, 11) is 0. The highest BCUT2D eigenvalue weighted by Crippen LogP contribution is 2.25. The smallest absolute Gasteiger partial charge is 0.0610 e. The van der Waals surface area contributed by atoms with Crippen LogP contribution in [-0.4, -0.2) is 47.8 Å². The maximum Gasteiger partial charge on any atom is 0.0610 e. The van der Waals surface area contributed by atoms with E-state index in [1.54, 1.807) is 0 Å². The van der Waals surface area contributed by atoms with Crippen molar-refractivity contribution in [3.63, 3.8) is 0 Å². The first-order chi connectivity index (χ1) is 9.65. The van der Waals surface area contributed by atoms with Gasteiger partial charge in [-0.05, 0) is 64.5 Å². The molecule has 0 aromatic carbocycles. The molecule has 2 rings (SSSR count). The lowest BCUT2D eigenvalue weighted by atomic mass is 9.95. The lowest BCUT2D eigenvalue weighted by molar-refractivity contribution is 0.159. The third kappa shape index (κ3) is 5.34. The van der Waals surface area contributed by atoms with Crippen LogP contribution in [0.3, 0.4) is 0 Å². The minimum Gasteiger partial charge on any atom is -0.394 e. The second-order valence-corrected chi connectivity index (χ2v) is 7.34. The summed E-state index contributed by atoms with van der Waals surface area (Å²) in [5.41, 5.74) is -0.0447. The second kappa shape index (κ2) is 7.77. The van der Waals surface area contributed by atoms with Crippen LogP contribution in [0.4, 0.5) is 0 Å². The Balaban J connectivity index is 1.56. The van der Waals surface area contributed by atoms with E-state index in [1.807, 2.05) is 0 Å². The molecule has 2 fully saturated rings. The van der Waals surface area contributed by atoms with Crippen molar-refractivity contribution < 1.29 is 5.11 Å². The van der Waals surface area contributed by atoms with Gasteiger partial charge >= 0.3 is 0 Å². The van der Waals surface area contributed by atoms with Gasteiger partial charge in [0.15, 0.2) is 0 Å². The van der Waals surface area contributed by atoms with Crippen LogP contribution in [-0.2, 0) is 0 Å². The Morgan fingerprint density at radius 1 is 1.25 bits per heavy atom. The van der Waals surface area contributed by atoms with E-state index in [4.69, 9.17) is 0 Å². The Morgan fingerprint density at radius 3 is 2.70 bits per heavy atom. The van der Waals surface area contributed by atoms with Crippen molar-refractivity contribution >= 4 is 0 Å². The number of hydrogen-bond donors (Lipinski definition) is 2. The van der Waals surface area contributed by atoms with Gasteiger partial charge < -0.3 is 15.3 Å². The van der Waals surface area contributed by atoms with Gasteiger partial charge in [0.05, 0.1) is 6.61 Å². The molecule has 3 nitrogen and oxygen atoms in total. The summed E-state index contributed by atoms with van der Waals surface area (Å²) in [6, 6.07) is 0.681. The molecule has 1 aliphatic heterocycles. The first kappa shape index (κ1) is 16.3. The minimum atomic E-state index is -0.0447. The molecule has 0 aromatic rings. The summed E-state index contributed by atoms with van der Waals surface area (Å²) in [6.45, 7) is 8.63. The largest absolute Gasteiger partial charge is 0.394 e. The highest BCUT2D eigenvalue weighted by Gasteiger charge is 2.31. The van der Waals surface area contributed by atoms with Gasteiger partial charge in [0.1, 0.15) is 0 Å². The van der Waals surface area contributed by atoms with Gasteiger partial charge in [0, 0.05) is 18.1 Å². The van der Waals surface area contributed by atoms with Crippen molar-refractivity contribution in [3.05, 3.63) is 0 Å². The van der Waals surface area contributed by atoms with Crippen LogP contribution >= 0.6 is 0 Å². The van der Waals surface area contributed by atoms with Gasteiger partial charge in [-0.25, -0.2) is 0 Å². The molecule has 20 heavy (non-hydrogen) atoms.